The highest BCUT2D eigenvalue weighted by Gasteiger charge is 2.33. The van der Waals surface area contributed by atoms with Crippen molar-refractivity contribution in [2.24, 2.45) is 5.92 Å². The lowest BCUT2D eigenvalue weighted by molar-refractivity contribution is -0.126. The van der Waals surface area contributed by atoms with E-state index in [1.54, 1.807) is 65.2 Å². The molecule has 0 saturated heterocycles. The molecule has 1 atom stereocenters. The number of nitrogens with one attached hydrogen (secondary N) is 3. The number of hydrogen-bond acceptors (Lipinski definition) is 8. The van der Waals surface area contributed by atoms with E-state index in [0.717, 1.165) is 5.69 Å². The quantitative estimate of drug-likeness (QED) is 0.310. The molecule has 10 nitrogen and oxygen atoms in total. The molecule has 0 aliphatic heterocycles. The first kappa shape index (κ1) is 30.2. The minimum absolute atomic E-state index is 0.0290. The largest absolute Gasteiger partial charge is 0.444 e. The minimum atomic E-state index is -0.675. The van der Waals surface area contributed by atoms with Gasteiger partial charge in [0, 0.05) is 31.2 Å². The van der Waals surface area contributed by atoms with Crippen molar-refractivity contribution in [3.05, 3.63) is 41.6 Å². The number of ether oxygens (including phenoxy) is 1. The first-order valence-corrected chi connectivity index (χ1v) is 13.2. The van der Waals surface area contributed by atoms with Crippen molar-refractivity contribution >= 4 is 29.5 Å². The Kier molecular flexibility index (Phi) is 10.3. The highest BCUT2D eigenvalue weighted by atomic mass is 19.1. The van der Waals surface area contributed by atoms with Crippen molar-refractivity contribution in [2.45, 2.75) is 64.6 Å². The van der Waals surface area contributed by atoms with Gasteiger partial charge in [0.15, 0.2) is 0 Å². The zero-order valence-corrected chi connectivity index (χ0v) is 23.5. The predicted octanol–water partition coefficient (Wildman–Crippen LogP) is 4.37. The van der Waals surface area contributed by atoms with Gasteiger partial charge in [-0.2, -0.15) is 10.2 Å². The molecule has 1 aromatic heterocycles. The van der Waals surface area contributed by atoms with Crippen LogP contribution < -0.4 is 16.0 Å². The number of rotatable bonds is 9. The molecule has 0 radical (unpaired) electrons. The lowest BCUT2D eigenvalue weighted by atomic mass is 9.80. The number of carbonyl (C=O) groups is 2. The molecule has 1 heterocycles. The summed E-state index contributed by atoms with van der Waals surface area (Å²) in [5, 5.41) is 18.2. The van der Waals surface area contributed by atoms with Gasteiger partial charge >= 0.3 is 6.09 Å². The van der Waals surface area contributed by atoms with Crippen LogP contribution in [0.5, 0.6) is 0 Å². The van der Waals surface area contributed by atoms with Crippen molar-refractivity contribution in [3.63, 3.8) is 0 Å². The van der Waals surface area contributed by atoms with Gasteiger partial charge in [-0.15, -0.1) is 0 Å². The number of aromatic nitrogens is 2. The molecule has 1 aliphatic carbocycles. The van der Waals surface area contributed by atoms with E-state index in [1.165, 1.54) is 4.90 Å². The van der Waals surface area contributed by atoms with E-state index >= 15 is 0 Å². The van der Waals surface area contributed by atoms with Gasteiger partial charge < -0.3 is 20.7 Å². The summed E-state index contributed by atoms with van der Waals surface area (Å²) in [7, 11) is 1.54. The van der Waals surface area contributed by atoms with Gasteiger partial charge in [-0.25, -0.2) is 9.78 Å². The summed E-state index contributed by atoms with van der Waals surface area (Å²) in [6, 6.07) is 8.27. The molecule has 212 valence electrons. The number of alkyl halides is 1. The Labute approximate surface area is 234 Å². The second kappa shape index (κ2) is 13.6. The summed E-state index contributed by atoms with van der Waals surface area (Å²) < 4.78 is 18.0. The second-order valence-corrected chi connectivity index (χ2v) is 10.6. The maximum absolute atomic E-state index is 12.7. The molecule has 0 bridgehead atoms. The molecule has 11 heteroatoms. The third kappa shape index (κ3) is 8.84. The second-order valence-electron chi connectivity index (χ2n) is 10.6. The monoisotopic (exact) mass is 549 g/mol. The smallest absolute Gasteiger partial charge is 0.410 e. The fourth-order valence-corrected chi connectivity index (χ4v) is 3.72. The van der Waals surface area contributed by atoms with Crippen LogP contribution in [0.4, 0.5) is 26.6 Å². The van der Waals surface area contributed by atoms with Crippen LogP contribution in [0.3, 0.4) is 0 Å². The molecular weight excluding hydrogens is 513 g/mol. The van der Waals surface area contributed by atoms with Gasteiger partial charge in [-0.1, -0.05) is 11.8 Å². The number of anilines is 3. The van der Waals surface area contributed by atoms with Crippen LogP contribution in [-0.2, 0) is 9.53 Å². The van der Waals surface area contributed by atoms with E-state index in [4.69, 9.17) is 10.00 Å². The molecular formula is C29H36FN7O3. The summed E-state index contributed by atoms with van der Waals surface area (Å²) in [5.74, 6) is 7.01. The van der Waals surface area contributed by atoms with Crippen molar-refractivity contribution in [1.82, 2.24) is 20.2 Å². The topological polar surface area (TPSA) is 132 Å². The summed E-state index contributed by atoms with van der Waals surface area (Å²) in [6.45, 7) is 6.93. The van der Waals surface area contributed by atoms with E-state index < -0.39 is 24.4 Å². The van der Waals surface area contributed by atoms with Crippen LogP contribution in [0, 0.1) is 29.1 Å². The Bertz CT molecular complexity index is 1290. The van der Waals surface area contributed by atoms with Gasteiger partial charge in [-0.3, -0.25) is 14.1 Å². The van der Waals surface area contributed by atoms with Crippen LogP contribution in [0.2, 0.25) is 0 Å². The first-order valence-electron chi connectivity index (χ1n) is 13.2. The number of hydrogen-bond donors (Lipinski definition) is 3. The molecule has 3 N–H and O–H groups in total. The standard InChI is InChI=1S/C29H36FN7O3/c1-19(37(5)28(39)40-29(2,3)4)26(38)34-24-15-21(16-24)7-10-22-18-33-27(36-25(22)32-14-6-13-30)35-23-11-8-20(17-31)9-12-23/h8-9,11-12,18-19,21,24H,6,13-16H2,1-5H3,(H,34,38)(H2,32,33,35,36)/t19-,21?,24?/m0/s1. The number of nitriles is 1. The molecule has 3 rings (SSSR count). The number of nitrogens with zero attached hydrogens (tertiary/aromatic N) is 4. The zero-order chi connectivity index (χ0) is 29.3. The fraction of sp³-hybridized carbons (Fsp3) is 0.483. The van der Waals surface area contributed by atoms with E-state index in [-0.39, 0.29) is 17.9 Å². The van der Waals surface area contributed by atoms with E-state index in [9.17, 15) is 14.0 Å². The average Bonchev–Trinajstić information content (AvgIpc) is 2.89. The lowest BCUT2D eigenvalue weighted by Gasteiger charge is -2.34. The van der Waals surface area contributed by atoms with Crippen LogP contribution in [-0.4, -0.2) is 64.8 Å². The normalized spacial score (nSPS) is 16.7. The first-order chi connectivity index (χ1) is 19.0. The maximum atomic E-state index is 12.7. The van der Waals surface area contributed by atoms with E-state index in [0.29, 0.717) is 48.7 Å². The predicted molar refractivity (Wildman–Crippen MR) is 151 cm³/mol. The van der Waals surface area contributed by atoms with Crippen LogP contribution in [0.25, 0.3) is 0 Å². The summed E-state index contributed by atoms with van der Waals surface area (Å²) in [6.07, 6.45) is 2.76. The van der Waals surface area contributed by atoms with Crippen molar-refractivity contribution in [3.8, 4) is 17.9 Å². The molecule has 1 aromatic carbocycles. The van der Waals surface area contributed by atoms with Crippen LogP contribution >= 0.6 is 0 Å². The molecule has 1 aliphatic rings. The Morgan fingerprint density at radius 2 is 1.95 bits per heavy atom. The third-order valence-electron chi connectivity index (χ3n) is 6.20. The molecule has 0 unspecified atom stereocenters. The molecule has 2 amide bonds. The number of likely N-dealkylation sites (N-methyl/N-ethyl adjacent to an activating group) is 1. The Morgan fingerprint density at radius 1 is 1.25 bits per heavy atom. The van der Waals surface area contributed by atoms with E-state index in [1.807, 2.05) is 0 Å². The van der Waals surface area contributed by atoms with Gasteiger partial charge in [0.25, 0.3) is 0 Å². The van der Waals surface area contributed by atoms with Crippen molar-refractivity contribution in [1.29, 1.82) is 5.26 Å². The molecule has 2 aromatic rings. The number of carbonyl (C=O) groups excluding carboxylic acids is 2. The summed E-state index contributed by atoms with van der Waals surface area (Å²) in [4.78, 5) is 35.0. The highest BCUT2D eigenvalue weighted by molar-refractivity contribution is 5.85. The van der Waals surface area contributed by atoms with Crippen molar-refractivity contribution in [2.75, 3.05) is 30.9 Å². The number of benzene rings is 1. The van der Waals surface area contributed by atoms with Gasteiger partial charge in [0.05, 0.1) is 30.1 Å². The molecule has 1 fully saturated rings. The van der Waals surface area contributed by atoms with Gasteiger partial charge in [0.2, 0.25) is 11.9 Å². The highest BCUT2D eigenvalue weighted by Crippen LogP contribution is 2.27. The average molecular weight is 550 g/mol. The molecule has 1 saturated carbocycles. The maximum Gasteiger partial charge on any atom is 0.410 e. The Hall–Kier alpha value is -4.38. The third-order valence-corrected chi connectivity index (χ3v) is 6.20. The fourth-order valence-electron chi connectivity index (χ4n) is 3.72. The van der Waals surface area contributed by atoms with Gasteiger partial charge in [0.1, 0.15) is 17.5 Å². The van der Waals surface area contributed by atoms with E-state index in [2.05, 4.69) is 43.8 Å². The Balaban J connectivity index is 1.58. The SMILES string of the molecule is C[C@@H](C(=O)NC1CC(C#Cc2cnc(Nc3ccc(C#N)cc3)nc2NCCCF)C1)N(C)C(=O)OC(C)(C)C. The van der Waals surface area contributed by atoms with Gasteiger partial charge in [-0.05, 0) is 71.2 Å². The zero-order valence-electron chi connectivity index (χ0n) is 23.5. The Morgan fingerprint density at radius 3 is 2.58 bits per heavy atom. The minimum Gasteiger partial charge on any atom is -0.444 e. The number of amides is 2. The summed E-state index contributed by atoms with van der Waals surface area (Å²) >= 11 is 0. The molecule has 40 heavy (non-hydrogen) atoms. The lowest BCUT2D eigenvalue weighted by Crippen LogP contribution is -2.52. The van der Waals surface area contributed by atoms with Crippen LogP contribution in [0.1, 0.15) is 58.1 Å². The number of halogens is 1. The molecule has 0 spiro atoms. The van der Waals surface area contributed by atoms with Crippen molar-refractivity contribution < 1.29 is 18.7 Å². The van der Waals surface area contributed by atoms with Crippen LogP contribution in [0.15, 0.2) is 30.5 Å². The summed E-state index contributed by atoms with van der Waals surface area (Å²) in [5.41, 5.74) is 1.22.